The molecule has 0 aromatic carbocycles. The molecule has 21 heavy (non-hydrogen) atoms. The van der Waals surface area contributed by atoms with E-state index in [0.29, 0.717) is 16.9 Å². The van der Waals surface area contributed by atoms with E-state index < -0.39 is 0 Å². The number of rotatable bonds is 2. The lowest BCUT2D eigenvalue weighted by Gasteiger charge is -2.39. The topological polar surface area (TPSA) is 25.2 Å². The van der Waals surface area contributed by atoms with E-state index >= 15 is 0 Å². The predicted octanol–water partition coefficient (Wildman–Crippen LogP) is 4.31. The van der Waals surface area contributed by atoms with Gasteiger partial charge in [0.15, 0.2) is 0 Å². The van der Waals surface area contributed by atoms with E-state index in [9.17, 15) is 4.79 Å². The van der Waals surface area contributed by atoms with Gasteiger partial charge >= 0.3 is 0 Å². The molecular weight excluding hydrogens is 328 g/mol. The van der Waals surface area contributed by atoms with Crippen LogP contribution in [0, 0.1) is 10.8 Å². The van der Waals surface area contributed by atoms with Crippen LogP contribution >= 0.6 is 15.9 Å². The number of halogens is 1. The fourth-order valence-corrected chi connectivity index (χ4v) is 5.22. The lowest BCUT2D eigenvalue weighted by molar-refractivity contribution is 0.0697. The Hall–Kier alpha value is -0.770. The summed E-state index contributed by atoms with van der Waals surface area (Å²) in [6.07, 6.45) is 5.51. The first-order valence-corrected chi connectivity index (χ1v) is 8.69. The highest BCUT2D eigenvalue weighted by Crippen LogP contribution is 2.52. The Labute approximate surface area is 135 Å². The van der Waals surface area contributed by atoms with Crippen molar-refractivity contribution in [3.8, 4) is 0 Å². The Morgan fingerprint density at radius 2 is 2.10 bits per heavy atom. The van der Waals surface area contributed by atoms with Gasteiger partial charge in [-0.1, -0.05) is 20.8 Å². The highest BCUT2D eigenvalue weighted by Gasteiger charge is 2.51. The molecule has 1 aliphatic carbocycles. The molecule has 2 aliphatic rings. The number of aromatic nitrogens is 1. The zero-order valence-electron chi connectivity index (χ0n) is 13.4. The van der Waals surface area contributed by atoms with Crippen LogP contribution in [0.5, 0.6) is 0 Å². The molecule has 2 atom stereocenters. The summed E-state index contributed by atoms with van der Waals surface area (Å²) in [7, 11) is 0. The normalized spacial score (nSPS) is 30.7. The summed E-state index contributed by atoms with van der Waals surface area (Å²) in [6.45, 7) is 10.9. The van der Waals surface area contributed by atoms with Crippen molar-refractivity contribution in [3.05, 3.63) is 22.4 Å². The molecule has 1 aromatic heterocycles. The van der Waals surface area contributed by atoms with Gasteiger partial charge in [-0.15, -0.1) is 0 Å². The van der Waals surface area contributed by atoms with Crippen LogP contribution in [-0.4, -0.2) is 28.0 Å². The average molecular weight is 353 g/mol. The summed E-state index contributed by atoms with van der Waals surface area (Å²) >= 11 is 3.49. The van der Waals surface area contributed by atoms with E-state index in [1.54, 1.807) is 0 Å². The van der Waals surface area contributed by atoms with E-state index in [1.807, 2.05) is 16.8 Å². The summed E-state index contributed by atoms with van der Waals surface area (Å²) in [4.78, 5) is 15.2. The molecule has 116 valence electrons. The van der Waals surface area contributed by atoms with Crippen LogP contribution in [0.15, 0.2) is 16.7 Å². The number of fused-ring (bicyclic) bond motifs is 2. The number of hydrogen-bond acceptors (Lipinski definition) is 1. The molecule has 1 saturated carbocycles. The minimum Gasteiger partial charge on any atom is -0.343 e. The van der Waals surface area contributed by atoms with Gasteiger partial charge in [-0.3, -0.25) is 4.79 Å². The fourth-order valence-electron chi connectivity index (χ4n) is 4.76. The first-order chi connectivity index (χ1) is 9.73. The smallest absolute Gasteiger partial charge is 0.270 e. The molecule has 4 heteroatoms. The number of carbonyl (C=O) groups is 1. The van der Waals surface area contributed by atoms with E-state index in [2.05, 4.69) is 48.5 Å². The van der Waals surface area contributed by atoms with Crippen molar-refractivity contribution in [1.29, 1.82) is 0 Å². The van der Waals surface area contributed by atoms with Crippen molar-refractivity contribution < 1.29 is 4.79 Å². The third-order valence-corrected chi connectivity index (χ3v) is 5.53. The van der Waals surface area contributed by atoms with Gasteiger partial charge in [-0.2, -0.15) is 0 Å². The molecule has 3 rings (SSSR count). The monoisotopic (exact) mass is 352 g/mol. The van der Waals surface area contributed by atoms with Crippen molar-refractivity contribution in [1.82, 2.24) is 9.47 Å². The predicted molar refractivity (Wildman–Crippen MR) is 88.4 cm³/mol. The minimum absolute atomic E-state index is 0.203. The van der Waals surface area contributed by atoms with Crippen molar-refractivity contribution in [2.45, 2.75) is 59.5 Å². The molecular formula is C17H25BrN2O. The molecule has 0 spiro atoms. The second-order valence-electron chi connectivity index (χ2n) is 7.98. The molecule has 2 bridgehead atoms. The van der Waals surface area contributed by atoms with Gasteiger partial charge in [0, 0.05) is 29.8 Å². The van der Waals surface area contributed by atoms with Crippen LogP contribution in [0.4, 0.5) is 0 Å². The molecule has 0 N–H and O–H groups in total. The van der Waals surface area contributed by atoms with E-state index in [1.165, 1.54) is 6.42 Å². The fraction of sp³-hybridized carbons (Fsp3) is 0.706. The Morgan fingerprint density at radius 1 is 1.38 bits per heavy atom. The van der Waals surface area contributed by atoms with Crippen molar-refractivity contribution in [3.63, 3.8) is 0 Å². The second kappa shape index (κ2) is 4.87. The lowest BCUT2D eigenvalue weighted by Crippen LogP contribution is -2.38. The summed E-state index contributed by atoms with van der Waals surface area (Å²) in [5, 5.41) is 0. The van der Waals surface area contributed by atoms with Crippen LogP contribution in [0.3, 0.4) is 0 Å². The molecule has 1 amide bonds. The maximum absolute atomic E-state index is 13.0. The summed E-state index contributed by atoms with van der Waals surface area (Å²) in [5.74, 6) is 0.203. The summed E-state index contributed by atoms with van der Waals surface area (Å²) < 4.78 is 3.03. The van der Waals surface area contributed by atoms with Gasteiger partial charge in [0.05, 0.1) is 0 Å². The Balaban J connectivity index is 1.89. The highest BCUT2D eigenvalue weighted by atomic mass is 79.9. The van der Waals surface area contributed by atoms with Gasteiger partial charge in [-0.25, -0.2) is 0 Å². The SMILES string of the molecule is CCn1cc(Br)cc1C(=O)N1CC2(C)CC1CC(C)(C)C2. The van der Waals surface area contributed by atoms with Crippen LogP contribution < -0.4 is 0 Å². The van der Waals surface area contributed by atoms with Crippen LogP contribution in [0.1, 0.15) is 57.4 Å². The van der Waals surface area contributed by atoms with Gasteiger partial charge in [-0.05, 0) is 59.0 Å². The largest absolute Gasteiger partial charge is 0.343 e. The van der Waals surface area contributed by atoms with Crippen molar-refractivity contribution >= 4 is 21.8 Å². The molecule has 3 nitrogen and oxygen atoms in total. The number of nitrogens with zero attached hydrogens (tertiary/aromatic N) is 2. The third-order valence-electron chi connectivity index (χ3n) is 5.10. The number of amides is 1. The molecule has 1 aliphatic heterocycles. The average Bonchev–Trinajstić information content (AvgIpc) is 2.84. The van der Waals surface area contributed by atoms with Gasteiger partial charge in [0.1, 0.15) is 5.69 Å². The van der Waals surface area contributed by atoms with Crippen molar-refractivity contribution in [2.24, 2.45) is 10.8 Å². The van der Waals surface area contributed by atoms with Crippen LogP contribution in [0.25, 0.3) is 0 Å². The van der Waals surface area contributed by atoms with Gasteiger partial charge in [0.2, 0.25) is 0 Å². The molecule has 0 radical (unpaired) electrons. The number of likely N-dealkylation sites (tertiary alicyclic amines) is 1. The van der Waals surface area contributed by atoms with Crippen molar-refractivity contribution in [2.75, 3.05) is 6.54 Å². The Morgan fingerprint density at radius 3 is 2.76 bits per heavy atom. The number of aryl methyl sites for hydroxylation is 1. The Kier molecular flexibility index (Phi) is 3.51. The Bertz CT molecular complexity index is 577. The molecule has 2 unspecified atom stereocenters. The quantitative estimate of drug-likeness (QED) is 0.778. The van der Waals surface area contributed by atoms with Gasteiger partial charge < -0.3 is 9.47 Å². The summed E-state index contributed by atoms with van der Waals surface area (Å²) in [6, 6.07) is 2.37. The second-order valence-corrected chi connectivity index (χ2v) is 8.89. The first-order valence-electron chi connectivity index (χ1n) is 7.90. The molecule has 2 heterocycles. The first kappa shape index (κ1) is 15.1. The maximum Gasteiger partial charge on any atom is 0.270 e. The maximum atomic E-state index is 13.0. The molecule has 1 saturated heterocycles. The van der Waals surface area contributed by atoms with Gasteiger partial charge in [0.25, 0.3) is 5.91 Å². The molecule has 2 fully saturated rings. The lowest BCUT2D eigenvalue weighted by atomic mass is 9.65. The van der Waals surface area contributed by atoms with Crippen LogP contribution in [0.2, 0.25) is 0 Å². The number of carbonyl (C=O) groups excluding carboxylic acids is 1. The van der Waals surface area contributed by atoms with E-state index in [0.717, 1.165) is 36.1 Å². The zero-order valence-corrected chi connectivity index (χ0v) is 15.0. The van der Waals surface area contributed by atoms with E-state index in [4.69, 9.17) is 0 Å². The van der Waals surface area contributed by atoms with Crippen LogP contribution in [-0.2, 0) is 6.54 Å². The number of hydrogen-bond donors (Lipinski definition) is 0. The summed E-state index contributed by atoms with van der Waals surface area (Å²) in [5.41, 5.74) is 1.46. The third kappa shape index (κ3) is 2.67. The van der Waals surface area contributed by atoms with E-state index in [-0.39, 0.29) is 5.91 Å². The molecule has 1 aromatic rings. The minimum atomic E-state index is 0.203. The highest BCUT2D eigenvalue weighted by molar-refractivity contribution is 9.10. The standard InChI is InChI=1S/C17H25BrN2O/c1-5-19-9-12(18)6-14(19)15(21)20-11-17(4)8-13(20)7-16(2,3)10-17/h6,9,13H,5,7-8,10-11H2,1-4H3. The zero-order chi connectivity index (χ0) is 15.4.